The molecule has 19 heavy (non-hydrogen) atoms. The molecule has 1 aromatic heterocycles. The van der Waals surface area contributed by atoms with Gasteiger partial charge in [-0.15, -0.1) is 5.10 Å². The van der Waals surface area contributed by atoms with Crippen LogP contribution in [-0.4, -0.2) is 28.2 Å². The summed E-state index contributed by atoms with van der Waals surface area (Å²) in [5.74, 6) is 6.33. The van der Waals surface area contributed by atoms with Crippen molar-refractivity contribution in [1.29, 1.82) is 0 Å². The summed E-state index contributed by atoms with van der Waals surface area (Å²) in [6.07, 6.45) is 8.19. The number of nitrogens with one attached hydrogen (secondary N) is 1. The van der Waals surface area contributed by atoms with Crippen molar-refractivity contribution < 1.29 is 4.74 Å². The molecule has 0 bridgehead atoms. The predicted molar refractivity (Wildman–Crippen MR) is 73.1 cm³/mol. The van der Waals surface area contributed by atoms with Gasteiger partial charge in [0.05, 0.1) is 24.0 Å². The molecule has 1 saturated carbocycles. The number of methoxy groups -OCH3 is 1. The lowest BCUT2D eigenvalue weighted by atomic mass is 9.82. The van der Waals surface area contributed by atoms with E-state index in [0.717, 1.165) is 12.2 Å². The van der Waals surface area contributed by atoms with Crippen molar-refractivity contribution in [2.75, 3.05) is 7.11 Å². The largest absolute Gasteiger partial charge is 0.379 e. The molecule has 1 fully saturated rings. The van der Waals surface area contributed by atoms with Gasteiger partial charge < -0.3 is 4.74 Å². The zero-order chi connectivity index (χ0) is 13.7. The van der Waals surface area contributed by atoms with Crippen LogP contribution >= 0.6 is 0 Å². The second-order valence-corrected chi connectivity index (χ2v) is 5.22. The fraction of sp³-hybridized carbons (Fsp3) is 0.846. The van der Waals surface area contributed by atoms with Crippen LogP contribution < -0.4 is 11.3 Å². The second kappa shape index (κ2) is 6.98. The van der Waals surface area contributed by atoms with E-state index in [2.05, 4.69) is 15.7 Å². The number of aromatic nitrogens is 3. The van der Waals surface area contributed by atoms with Crippen LogP contribution in [0.3, 0.4) is 0 Å². The molecule has 6 heteroatoms. The lowest BCUT2D eigenvalue weighted by Gasteiger charge is -2.34. The van der Waals surface area contributed by atoms with Gasteiger partial charge in [0.15, 0.2) is 0 Å². The molecular weight excluding hydrogens is 242 g/mol. The predicted octanol–water partition coefficient (Wildman–Crippen LogP) is 1.40. The Kier molecular flexibility index (Phi) is 5.30. The fourth-order valence-corrected chi connectivity index (χ4v) is 3.16. The Bertz CT molecular complexity index is 375. The number of hydrogen-bond donors (Lipinski definition) is 2. The van der Waals surface area contributed by atoms with Crippen molar-refractivity contribution in [1.82, 2.24) is 20.4 Å². The van der Waals surface area contributed by atoms with Gasteiger partial charge in [0.2, 0.25) is 0 Å². The highest BCUT2D eigenvalue weighted by atomic mass is 16.5. The molecule has 0 saturated heterocycles. The Hall–Kier alpha value is -0.980. The molecular formula is C13H25N5O. The number of nitrogens with zero attached hydrogens (tertiary/aromatic N) is 3. The monoisotopic (exact) mass is 267 g/mol. The Morgan fingerprint density at radius 3 is 2.79 bits per heavy atom. The normalized spacial score (nSPS) is 20.4. The summed E-state index contributed by atoms with van der Waals surface area (Å²) in [4.78, 5) is 0. The number of nitrogens with two attached hydrogens (primary N) is 1. The minimum Gasteiger partial charge on any atom is -0.379 e. The summed E-state index contributed by atoms with van der Waals surface area (Å²) in [5.41, 5.74) is 3.90. The SMILES string of the molecule is CCn1nncc1C(NN)C(OC)C1CCCCC1. The highest BCUT2D eigenvalue weighted by Gasteiger charge is 2.33. The van der Waals surface area contributed by atoms with Gasteiger partial charge >= 0.3 is 0 Å². The van der Waals surface area contributed by atoms with E-state index in [1.807, 2.05) is 11.6 Å². The molecule has 1 aliphatic carbocycles. The molecule has 1 aromatic rings. The summed E-state index contributed by atoms with van der Waals surface area (Å²) in [5, 5.41) is 8.07. The van der Waals surface area contributed by atoms with Crippen molar-refractivity contribution in [3.05, 3.63) is 11.9 Å². The van der Waals surface area contributed by atoms with Gasteiger partial charge in [-0.05, 0) is 25.7 Å². The van der Waals surface area contributed by atoms with Gasteiger partial charge in [-0.25, -0.2) is 10.1 Å². The molecule has 2 atom stereocenters. The zero-order valence-corrected chi connectivity index (χ0v) is 11.9. The lowest BCUT2D eigenvalue weighted by Crippen LogP contribution is -2.43. The summed E-state index contributed by atoms with van der Waals surface area (Å²) >= 11 is 0. The third-order valence-corrected chi connectivity index (χ3v) is 4.16. The second-order valence-electron chi connectivity index (χ2n) is 5.22. The van der Waals surface area contributed by atoms with E-state index in [1.165, 1.54) is 32.1 Å². The Balaban J connectivity index is 2.18. The minimum atomic E-state index is -0.0527. The van der Waals surface area contributed by atoms with Crippen LogP contribution in [0.2, 0.25) is 0 Å². The molecule has 0 aliphatic heterocycles. The molecule has 108 valence electrons. The smallest absolute Gasteiger partial charge is 0.0909 e. The van der Waals surface area contributed by atoms with E-state index >= 15 is 0 Å². The molecule has 1 aliphatic rings. The average molecular weight is 267 g/mol. The van der Waals surface area contributed by atoms with E-state index in [-0.39, 0.29) is 12.1 Å². The van der Waals surface area contributed by atoms with Crippen molar-refractivity contribution in [2.24, 2.45) is 11.8 Å². The number of aryl methyl sites for hydroxylation is 1. The van der Waals surface area contributed by atoms with E-state index in [4.69, 9.17) is 10.6 Å². The van der Waals surface area contributed by atoms with Crippen LogP contribution in [0.1, 0.15) is 50.8 Å². The first-order valence-corrected chi connectivity index (χ1v) is 7.19. The van der Waals surface area contributed by atoms with Gasteiger partial charge in [0, 0.05) is 13.7 Å². The Morgan fingerprint density at radius 1 is 1.47 bits per heavy atom. The molecule has 0 aromatic carbocycles. The van der Waals surface area contributed by atoms with Crippen molar-refractivity contribution >= 4 is 0 Å². The number of hydrazine groups is 1. The van der Waals surface area contributed by atoms with E-state index < -0.39 is 0 Å². The van der Waals surface area contributed by atoms with E-state index in [0.29, 0.717) is 5.92 Å². The first-order chi connectivity index (χ1) is 9.31. The summed E-state index contributed by atoms with van der Waals surface area (Å²) in [6.45, 7) is 2.84. The maximum Gasteiger partial charge on any atom is 0.0909 e. The third-order valence-electron chi connectivity index (χ3n) is 4.16. The molecule has 6 nitrogen and oxygen atoms in total. The molecule has 1 heterocycles. The summed E-state index contributed by atoms with van der Waals surface area (Å²) in [6, 6.07) is -0.0527. The molecule has 2 unspecified atom stereocenters. The van der Waals surface area contributed by atoms with Crippen molar-refractivity contribution in [3.8, 4) is 0 Å². The van der Waals surface area contributed by atoms with E-state index in [1.54, 1.807) is 13.3 Å². The van der Waals surface area contributed by atoms with Crippen molar-refractivity contribution in [3.63, 3.8) is 0 Å². The quantitative estimate of drug-likeness (QED) is 0.601. The number of rotatable bonds is 6. The van der Waals surface area contributed by atoms with E-state index in [9.17, 15) is 0 Å². The Morgan fingerprint density at radius 2 is 2.21 bits per heavy atom. The molecule has 0 amide bonds. The van der Waals surface area contributed by atoms with Crippen LogP contribution in [0, 0.1) is 5.92 Å². The maximum atomic E-state index is 5.77. The van der Waals surface area contributed by atoms with Gasteiger partial charge in [-0.3, -0.25) is 5.84 Å². The molecule has 0 spiro atoms. The highest BCUT2D eigenvalue weighted by molar-refractivity contribution is 5.06. The standard InChI is InChI=1S/C13H25N5O/c1-3-18-11(9-15-17-18)12(16-14)13(19-2)10-7-5-4-6-8-10/h9-10,12-13,16H,3-8,14H2,1-2H3. The van der Waals surface area contributed by atoms with Crippen molar-refractivity contribution in [2.45, 2.75) is 57.7 Å². The highest BCUT2D eigenvalue weighted by Crippen LogP contribution is 2.33. The van der Waals surface area contributed by atoms with Crippen LogP contribution in [0.4, 0.5) is 0 Å². The number of ether oxygens (including phenoxy) is 1. The summed E-state index contributed by atoms with van der Waals surface area (Å²) in [7, 11) is 1.77. The first-order valence-electron chi connectivity index (χ1n) is 7.19. The van der Waals surface area contributed by atoms with Gasteiger partial charge in [0.1, 0.15) is 0 Å². The molecule has 0 radical (unpaired) electrons. The number of hydrogen-bond acceptors (Lipinski definition) is 5. The molecule has 3 N–H and O–H groups in total. The fourth-order valence-electron chi connectivity index (χ4n) is 3.16. The maximum absolute atomic E-state index is 5.77. The average Bonchev–Trinajstić information content (AvgIpc) is 2.93. The van der Waals surface area contributed by atoms with Crippen LogP contribution in [0.15, 0.2) is 6.20 Å². The topological polar surface area (TPSA) is 78.0 Å². The van der Waals surface area contributed by atoms with Crippen LogP contribution in [0.25, 0.3) is 0 Å². The van der Waals surface area contributed by atoms with Gasteiger partial charge in [-0.2, -0.15) is 0 Å². The third kappa shape index (κ3) is 3.13. The van der Waals surface area contributed by atoms with Crippen LogP contribution in [0.5, 0.6) is 0 Å². The van der Waals surface area contributed by atoms with Gasteiger partial charge in [0.25, 0.3) is 0 Å². The molecule has 2 rings (SSSR count). The Labute approximate surface area is 114 Å². The minimum absolute atomic E-state index is 0.0527. The lowest BCUT2D eigenvalue weighted by molar-refractivity contribution is 0.00535. The summed E-state index contributed by atoms with van der Waals surface area (Å²) < 4.78 is 7.63. The van der Waals surface area contributed by atoms with Crippen LogP contribution in [-0.2, 0) is 11.3 Å². The zero-order valence-electron chi connectivity index (χ0n) is 11.9. The first kappa shape index (κ1) is 14.4. The van der Waals surface area contributed by atoms with Gasteiger partial charge in [-0.1, -0.05) is 24.5 Å².